The third-order valence-electron chi connectivity index (χ3n) is 5.08. The summed E-state index contributed by atoms with van der Waals surface area (Å²) >= 11 is 0. The van der Waals surface area contributed by atoms with Crippen LogP contribution in [-0.2, 0) is 25.9 Å². The highest BCUT2D eigenvalue weighted by Crippen LogP contribution is 2.16. The first-order valence-corrected chi connectivity index (χ1v) is 9.76. The van der Waals surface area contributed by atoms with Gasteiger partial charge in [-0.25, -0.2) is 9.48 Å². The molecular weight excluding hydrogens is 390 g/mol. The van der Waals surface area contributed by atoms with Crippen LogP contribution < -0.4 is 22.1 Å². The van der Waals surface area contributed by atoms with Crippen LogP contribution in [0, 0.1) is 0 Å². The van der Waals surface area contributed by atoms with Crippen molar-refractivity contribution in [1.82, 2.24) is 24.6 Å². The predicted octanol–water partition coefficient (Wildman–Crippen LogP) is 0.0434. The second-order valence-corrected chi connectivity index (χ2v) is 7.12. The molecule has 1 aliphatic carbocycles. The number of aromatic amines is 1. The molecule has 0 radical (unpaired) electrons. The SMILES string of the molecule is O=C(NCCn1nc2c(cc1=O)CCCC2)c1c[nH]c(=O)n(Cc2ccco2)c1=O. The van der Waals surface area contributed by atoms with Gasteiger partial charge >= 0.3 is 5.69 Å². The molecule has 0 atom stereocenters. The molecule has 30 heavy (non-hydrogen) atoms. The van der Waals surface area contributed by atoms with Gasteiger partial charge in [0.25, 0.3) is 17.0 Å². The molecule has 0 fully saturated rings. The number of aryl methyl sites for hydroxylation is 2. The van der Waals surface area contributed by atoms with Crippen LogP contribution >= 0.6 is 0 Å². The average molecular weight is 411 g/mol. The van der Waals surface area contributed by atoms with Gasteiger partial charge in [-0.15, -0.1) is 0 Å². The molecule has 1 aliphatic rings. The van der Waals surface area contributed by atoms with Gasteiger partial charge in [-0.2, -0.15) is 5.10 Å². The van der Waals surface area contributed by atoms with Gasteiger partial charge in [0.15, 0.2) is 0 Å². The first-order chi connectivity index (χ1) is 14.5. The van der Waals surface area contributed by atoms with Crippen molar-refractivity contribution in [1.29, 1.82) is 0 Å². The third kappa shape index (κ3) is 4.02. The third-order valence-corrected chi connectivity index (χ3v) is 5.08. The molecule has 3 aromatic rings. The smallest absolute Gasteiger partial charge is 0.328 e. The lowest BCUT2D eigenvalue weighted by Crippen LogP contribution is -2.41. The molecule has 10 heteroatoms. The average Bonchev–Trinajstić information content (AvgIpc) is 3.24. The molecule has 0 aliphatic heterocycles. The summed E-state index contributed by atoms with van der Waals surface area (Å²) in [5.74, 6) is -0.228. The van der Waals surface area contributed by atoms with Gasteiger partial charge < -0.3 is 14.7 Å². The quantitative estimate of drug-likeness (QED) is 0.589. The molecule has 4 rings (SSSR count). The van der Waals surface area contributed by atoms with Crippen molar-refractivity contribution in [3.05, 3.63) is 84.4 Å². The highest BCUT2D eigenvalue weighted by atomic mass is 16.3. The van der Waals surface area contributed by atoms with Crippen LogP contribution in [0.4, 0.5) is 0 Å². The van der Waals surface area contributed by atoms with E-state index in [1.54, 1.807) is 18.2 Å². The Morgan fingerprint density at radius 2 is 2.07 bits per heavy atom. The van der Waals surface area contributed by atoms with Crippen LogP contribution in [0.3, 0.4) is 0 Å². The van der Waals surface area contributed by atoms with Gasteiger partial charge in [0.1, 0.15) is 11.3 Å². The van der Waals surface area contributed by atoms with Gasteiger partial charge in [-0.05, 0) is 43.4 Å². The van der Waals surface area contributed by atoms with Crippen molar-refractivity contribution >= 4 is 5.91 Å². The molecule has 0 saturated carbocycles. The van der Waals surface area contributed by atoms with Crippen LogP contribution in [0.5, 0.6) is 0 Å². The van der Waals surface area contributed by atoms with E-state index < -0.39 is 17.2 Å². The number of rotatable bonds is 6. The summed E-state index contributed by atoms with van der Waals surface area (Å²) in [5.41, 5.74) is 0.140. The molecular formula is C20H21N5O5. The number of hydrogen-bond acceptors (Lipinski definition) is 6. The number of H-pyrrole nitrogens is 1. The number of amides is 1. The van der Waals surface area contributed by atoms with E-state index in [4.69, 9.17) is 4.42 Å². The Balaban J connectivity index is 1.45. The number of carbonyl (C=O) groups excluding carboxylic acids is 1. The normalized spacial score (nSPS) is 13.1. The van der Waals surface area contributed by atoms with Crippen molar-refractivity contribution in [2.75, 3.05) is 6.54 Å². The summed E-state index contributed by atoms with van der Waals surface area (Å²) in [6.45, 7) is 0.208. The Labute approximate surface area is 170 Å². The van der Waals surface area contributed by atoms with E-state index in [0.29, 0.717) is 5.76 Å². The van der Waals surface area contributed by atoms with E-state index in [0.717, 1.165) is 47.7 Å². The molecule has 3 aromatic heterocycles. The van der Waals surface area contributed by atoms with Crippen molar-refractivity contribution in [3.63, 3.8) is 0 Å². The first kappa shape index (κ1) is 19.6. The highest BCUT2D eigenvalue weighted by molar-refractivity contribution is 5.93. The number of hydrogen-bond donors (Lipinski definition) is 2. The van der Waals surface area contributed by atoms with Crippen molar-refractivity contribution in [2.24, 2.45) is 0 Å². The number of nitrogens with zero attached hydrogens (tertiary/aromatic N) is 3. The fourth-order valence-electron chi connectivity index (χ4n) is 3.51. The zero-order valence-corrected chi connectivity index (χ0v) is 16.2. The minimum atomic E-state index is -0.725. The van der Waals surface area contributed by atoms with Crippen molar-refractivity contribution < 1.29 is 9.21 Å². The van der Waals surface area contributed by atoms with Gasteiger partial charge in [0.05, 0.1) is 25.0 Å². The Morgan fingerprint density at radius 1 is 1.23 bits per heavy atom. The number of nitrogens with one attached hydrogen (secondary N) is 2. The van der Waals surface area contributed by atoms with Crippen LogP contribution in [0.25, 0.3) is 0 Å². The molecule has 10 nitrogen and oxygen atoms in total. The Kier molecular flexibility index (Phi) is 5.46. The molecule has 3 heterocycles. The molecule has 0 aromatic carbocycles. The summed E-state index contributed by atoms with van der Waals surface area (Å²) in [6, 6.07) is 4.88. The van der Waals surface area contributed by atoms with E-state index >= 15 is 0 Å². The molecule has 0 bridgehead atoms. The minimum absolute atomic E-state index is 0.0866. The summed E-state index contributed by atoms with van der Waals surface area (Å²) in [6.07, 6.45) is 6.33. The van der Waals surface area contributed by atoms with Gasteiger partial charge in [0.2, 0.25) is 0 Å². The predicted molar refractivity (Wildman–Crippen MR) is 107 cm³/mol. The maximum atomic E-state index is 12.6. The Bertz CT molecular complexity index is 1240. The minimum Gasteiger partial charge on any atom is -0.467 e. The fourth-order valence-corrected chi connectivity index (χ4v) is 3.51. The van der Waals surface area contributed by atoms with Gasteiger partial charge in [-0.1, -0.05) is 0 Å². The standard InChI is InChI=1S/C20H21N5O5/c26-17-10-13-4-1-2-6-16(13)23-25(17)8-7-21-18(27)15-11-22-20(29)24(19(15)28)12-14-5-3-9-30-14/h3,5,9-11H,1-2,4,6-8,12H2,(H,21,27)(H,22,29). The lowest BCUT2D eigenvalue weighted by atomic mass is 9.97. The second-order valence-electron chi connectivity index (χ2n) is 7.12. The van der Waals surface area contributed by atoms with Crippen LogP contribution in [0.1, 0.15) is 40.2 Å². The number of fused-ring (bicyclic) bond motifs is 1. The first-order valence-electron chi connectivity index (χ1n) is 9.76. The zero-order chi connectivity index (χ0) is 21.1. The molecule has 156 valence electrons. The molecule has 2 N–H and O–H groups in total. The fraction of sp³-hybridized carbons (Fsp3) is 0.350. The van der Waals surface area contributed by atoms with Gasteiger partial charge in [-0.3, -0.25) is 19.0 Å². The van der Waals surface area contributed by atoms with Crippen LogP contribution in [0.15, 0.2) is 49.5 Å². The lowest BCUT2D eigenvalue weighted by molar-refractivity contribution is 0.0949. The summed E-state index contributed by atoms with van der Waals surface area (Å²) in [5, 5.41) is 7.00. The largest absolute Gasteiger partial charge is 0.467 e. The monoisotopic (exact) mass is 411 g/mol. The maximum absolute atomic E-state index is 12.6. The molecule has 0 saturated heterocycles. The maximum Gasteiger partial charge on any atom is 0.328 e. The lowest BCUT2D eigenvalue weighted by Gasteiger charge is -2.16. The Hall–Kier alpha value is -3.69. The van der Waals surface area contributed by atoms with Crippen molar-refractivity contribution in [3.8, 4) is 0 Å². The molecule has 0 unspecified atom stereocenters. The summed E-state index contributed by atoms with van der Waals surface area (Å²) in [7, 11) is 0. The zero-order valence-electron chi connectivity index (χ0n) is 16.2. The molecule has 1 amide bonds. The summed E-state index contributed by atoms with van der Waals surface area (Å²) < 4.78 is 7.38. The van der Waals surface area contributed by atoms with E-state index in [1.807, 2.05) is 0 Å². The van der Waals surface area contributed by atoms with Crippen LogP contribution in [0.2, 0.25) is 0 Å². The highest BCUT2D eigenvalue weighted by Gasteiger charge is 2.16. The Morgan fingerprint density at radius 3 is 2.87 bits per heavy atom. The van der Waals surface area contributed by atoms with Gasteiger partial charge in [0, 0.05) is 18.8 Å². The van der Waals surface area contributed by atoms with Crippen LogP contribution in [-0.4, -0.2) is 31.8 Å². The topological polar surface area (TPSA) is 132 Å². The number of aromatic nitrogens is 4. The van der Waals surface area contributed by atoms with Crippen molar-refractivity contribution in [2.45, 2.75) is 38.8 Å². The van der Waals surface area contributed by atoms with E-state index in [2.05, 4.69) is 15.4 Å². The summed E-state index contributed by atoms with van der Waals surface area (Å²) in [4.78, 5) is 51.6. The number of carbonyl (C=O) groups is 1. The van der Waals surface area contributed by atoms with E-state index in [-0.39, 0.29) is 30.8 Å². The number of furan rings is 1. The van der Waals surface area contributed by atoms with E-state index in [1.165, 1.54) is 10.9 Å². The van der Waals surface area contributed by atoms with E-state index in [9.17, 15) is 19.2 Å². The second kappa shape index (κ2) is 8.36. The molecule has 0 spiro atoms.